The summed E-state index contributed by atoms with van der Waals surface area (Å²) in [6.45, 7) is 10.9. The number of unbranched alkanes of at least 4 members (excludes halogenated alkanes) is 1. The van der Waals surface area contributed by atoms with Gasteiger partial charge < -0.3 is 10.2 Å². The zero-order chi connectivity index (χ0) is 15.4. The summed E-state index contributed by atoms with van der Waals surface area (Å²) < 4.78 is 0. The van der Waals surface area contributed by atoms with E-state index in [9.17, 15) is 0 Å². The first-order valence-electron chi connectivity index (χ1n) is 7.65. The lowest BCUT2D eigenvalue weighted by molar-refractivity contribution is 0.269. The van der Waals surface area contributed by atoms with Gasteiger partial charge in [0.2, 0.25) is 0 Å². The lowest BCUT2D eigenvalue weighted by Gasteiger charge is -2.20. The summed E-state index contributed by atoms with van der Waals surface area (Å²) >= 11 is 1.75. The number of nitrogens with one attached hydrogen (secondary N) is 1. The van der Waals surface area contributed by atoms with E-state index in [4.69, 9.17) is 0 Å². The standard InChI is InChI=1S/C16H26N4S/c1-11(2)20(5)9-7-6-8-17-15-14-12(3)13(4)21-16(14)19-10-18-15/h10-11H,6-9H2,1-5H3,(H,17,18,19). The Morgan fingerprint density at radius 3 is 2.71 bits per heavy atom. The molecule has 0 atom stereocenters. The summed E-state index contributed by atoms with van der Waals surface area (Å²) in [6.07, 6.45) is 4.02. The van der Waals surface area contributed by atoms with Crippen molar-refractivity contribution in [1.82, 2.24) is 14.9 Å². The molecule has 116 valence electrons. The summed E-state index contributed by atoms with van der Waals surface area (Å²) in [6, 6.07) is 0.621. The van der Waals surface area contributed by atoms with Gasteiger partial charge in [0.25, 0.3) is 0 Å². The molecule has 5 heteroatoms. The van der Waals surface area contributed by atoms with E-state index in [2.05, 4.69) is 54.9 Å². The minimum Gasteiger partial charge on any atom is -0.369 e. The molecule has 0 aliphatic rings. The highest BCUT2D eigenvalue weighted by atomic mass is 32.1. The van der Waals surface area contributed by atoms with Gasteiger partial charge in [-0.05, 0) is 59.7 Å². The molecule has 4 nitrogen and oxygen atoms in total. The molecule has 0 unspecified atom stereocenters. The number of thiophene rings is 1. The van der Waals surface area contributed by atoms with Crippen molar-refractivity contribution in [3.05, 3.63) is 16.8 Å². The molecule has 0 radical (unpaired) electrons. The van der Waals surface area contributed by atoms with Gasteiger partial charge in [-0.25, -0.2) is 9.97 Å². The second-order valence-electron chi connectivity index (χ2n) is 5.89. The molecule has 0 saturated heterocycles. The van der Waals surface area contributed by atoms with Crippen LogP contribution in [0.25, 0.3) is 10.2 Å². The third-order valence-corrected chi connectivity index (χ3v) is 5.19. The summed E-state index contributed by atoms with van der Waals surface area (Å²) in [5.41, 5.74) is 1.30. The molecule has 2 aromatic rings. The Morgan fingerprint density at radius 2 is 2.00 bits per heavy atom. The molecule has 0 aromatic carbocycles. The Hall–Kier alpha value is -1.20. The lowest BCUT2D eigenvalue weighted by Crippen LogP contribution is -2.27. The van der Waals surface area contributed by atoms with Crippen LogP contribution in [0.2, 0.25) is 0 Å². The third-order valence-electron chi connectivity index (χ3n) is 4.08. The van der Waals surface area contributed by atoms with Gasteiger partial charge in [0.1, 0.15) is 17.0 Å². The van der Waals surface area contributed by atoms with Crippen molar-refractivity contribution in [2.24, 2.45) is 0 Å². The van der Waals surface area contributed by atoms with Crippen molar-refractivity contribution in [3.63, 3.8) is 0 Å². The number of hydrogen-bond donors (Lipinski definition) is 1. The first-order valence-corrected chi connectivity index (χ1v) is 8.47. The maximum atomic E-state index is 4.42. The zero-order valence-electron chi connectivity index (χ0n) is 13.7. The molecule has 0 bridgehead atoms. The topological polar surface area (TPSA) is 41.1 Å². The second kappa shape index (κ2) is 7.18. The fourth-order valence-electron chi connectivity index (χ4n) is 2.27. The Balaban J connectivity index is 1.89. The molecule has 2 aromatic heterocycles. The molecule has 0 spiro atoms. The highest BCUT2D eigenvalue weighted by Gasteiger charge is 2.11. The van der Waals surface area contributed by atoms with E-state index in [0.29, 0.717) is 6.04 Å². The van der Waals surface area contributed by atoms with Crippen molar-refractivity contribution >= 4 is 27.4 Å². The average Bonchev–Trinajstić information content (AvgIpc) is 2.74. The maximum Gasteiger partial charge on any atom is 0.138 e. The van der Waals surface area contributed by atoms with Crippen LogP contribution in [-0.2, 0) is 0 Å². The molecule has 1 N–H and O–H groups in total. The molecule has 0 fully saturated rings. The summed E-state index contributed by atoms with van der Waals surface area (Å²) in [4.78, 5) is 13.6. The number of rotatable bonds is 7. The predicted octanol–water partition coefficient (Wildman–Crippen LogP) is 3.84. The van der Waals surface area contributed by atoms with Crippen LogP contribution >= 0.6 is 11.3 Å². The number of anilines is 1. The van der Waals surface area contributed by atoms with E-state index in [0.717, 1.165) is 30.2 Å². The van der Waals surface area contributed by atoms with Crippen molar-refractivity contribution in [2.45, 2.75) is 46.6 Å². The van der Waals surface area contributed by atoms with Gasteiger partial charge in [0, 0.05) is 17.5 Å². The molecule has 21 heavy (non-hydrogen) atoms. The molecular formula is C16H26N4S. The highest BCUT2D eigenvalue weighted by molar-refractivity contribution is 7.18. The number of hydrogen-bond acceptors (Lipinski definition) is 5. The molecular weight excluding hydrogens is 280 g/mol. The summed E-state index contributed by atoms with van der Waals surface area (Å²) in [7, 11) is 2.18. The summed E-state index contributed by atoms with van der Waals surface area (Å²) in [5, 5.41) is 4.68. The second-order valence-corrected chi connectivity index (χ2v) is 7.10. The predicted molar refractivity (Wildman–Crippen MR) is 92.4 cm³/mol. The monoisotopic (exact) mass is 306 g/mol. The van der Waals surface area contributed by atoms with Gasteiger partial charge in [0.05, 0.1) is 5.39 Å². The largest absolute Gasteiger partial charge is 0.369 e. The maximum absolute atomic E-state index is 4.42. The van der Waals surface area contributed by atoms with Crippen molar-refractivity contribution < 1.29 is 0 Å². The first-order chi connectivity index (χ1) is 10.0. The van der Waals surface area contributed by atoms with Gasteiger partial charge in [-0.3, -0.25) is 0 Å². The first kappa shape index (κ1) is 16.2. The van der Waals surface area contributed by atoms with Crippen LogP contribution in [0.1, 0.15) is 37.1 Å². The fraction of sp³-hybridized carbons (Fsp3) is 0.625. The van der Waals surface area contributed by atoms with E-state index in [1.807, 2.05) is 0 Å². The van der Waals surface area contributed by atoms with Gasteiger partial charge in [-0.2, -0.15) is 0 Å². The molecule has 0 aliphatic carbocycles. The van der Waals surface area contributed by atoms with Crippen LogP contribution in [-0.4, -0.2) is 41.0 Å². The summed E-state index contributed by atoms with van der Waals surface area (Å²) in [5.74, 6) is 0.985. The third kappa shape index (κ3) is 3.92. The van der Waals surface area contributed by atoms with Gasteiger partial charge in [0.15, 0.2) is 0 Å². The van der Waals surface area contributed by atoms with Crippen molar-refractivity contribution in [2.75, 3.05) is 25.5 Å². The molecule has 2 rings (SSSR count). The van der Waals surface area contributed by atoms with E-state index in [1.165, 1.54) is 22.2 Å². The minimum atomic E-state index is 0.621. The smallest absolute Gasteiger partial charge is 0.138 e. The molecule has 0 saturated carbocycles. The van der Waals surface area contributed by atoms with Crippen molar-refractivity contribution in [3.8, 4) is 0 Å². The number of nitrogens with zero attached hydrogens (tertiary/aromatic N) is 3. The minimum absolute atomic E-state index is 0.621. The van der Waals surface area contributed by atoms with E-state index >= 15 is 0 Å². The lowest BCUT2D eigenvalue weighted by atomic mass is 10.2. The van der Waals surface area contributed by atoms with Crippen LogP contribution in [0.3, 0.4) is 0 Å². The Labute approximate surface area is 131 Å². The normalized spacial score (nSPS) is 11.8. The highest BCUT2D eigenvalue weighted by Crippen LogP contribution is 2.32. The Bertz CT molecular complexity index is 591. The average molecular weight is 306 g/mol. The van der Waals surface area contributed by atoms with Crippen LogP contribution in [0.4, 0.5) is 5.82 Å². The quantitative estimate of drug-likeness (QED) is 0.789. The van der Waals surface area contributed by atoms with E-state index in [1.54, 1.807) is 17.7 Å². The van der Waals surface area contributed by atoms with E-state index < -0.39 is 0 Å². The van der Waals surface area contributed by atoms with Crippen LogP contribution in [0.15, 0.2) is 6.33 Å². The number of aryl methyl sites for hydroxylation is 2. The van der Waals surface area contributed by atoms with Gasteiger partial charge in [-0.1, -0.05) is 0 Å². The molecule has 0 amide bonds. The Kier molecular flexibility index (Phi) is 5.53. The number of aromatic nitrogens is 2. The van der Waals surface area contributed by atoms with Crippen molar-refractivity contribution in [1.29, 1.82) is 0 Å². The number of fused-ring (bicyclic) bond motifs is 1. The molecule has 2 heterocycles. The zero-order valence-corrected chi connectivity index (χ0v) is 14.5. The molecule has 0 aliphatic heterocycles. The van der Waals surface area contributed by atoms with E-state index in [-0.39, 0.29) is 0 Å². The fourth-order valence-corrected chi connectivity index (χ4v) is 3.26. The van der Waals surface area contributed by atoms with Gasteiger partial charge >= 0.3 is 0 Å². The van der Waals surface area contributed by atoms with Crippen LogP contribution in [0.5, 0.6) is 0 Å². The van der Waals surface area contributed by atoms with Crippen LogP contribution < -0.4 is 5.32 Å². The Morgan fingerprint density at radius 1 is 1.24 bits per heavy atom. The SMILES string of the molecule is Cc1sc2ncnc(NCCCCN(C)C(C)C)c2c1C. The van der Waals surface area contributed by atoms with Gasteiger partial charge in [-0.15, -0.1) is 11.3 Å². The van der Waals surface area contributed by atoms with Crippen LogP contribution in [0, 0.1) is 13.8 Å².